The van der Waals surface area contributed by atoms with Gasteiger partial charge in [-0.25, -0.2) is 0 Å². The predicted molar refractivity (Wildman–Crippen MR) is 109 cm³/mol. The van der Waals surface area contributed by atoms with Crippen LogP contribution >= 0.6 is 0 Å². The number of methoxy groups -OCH3 is 1. The van der Waals surface area contributed by atoms with E-state index in [1.807, 2.05) is 32.1 Å². The Morgan fingerprint density at radius 2 is 1.96 bits per heavy atom. The van der Waals surface area contributed by atoms with Gasteiger partial charge in [0.1, 0.15) is 19.0 Å². The van der Waals surface area contributed by atoms with Gasteiger partial charge in [-0.2, -0.15) is 0 Å². The molecule has 0 aliphatic carbocycles. The molecule has 0 fully saturated rings. The highest BCUT2D eigenvalue weighted by Crippen LogP contribution is 2.42. The zero-order chi connectivity index (χ0) is 20.1. The van der Waals surface area contributed by atoms with Crippen molar-refractivity contribution < 1.29 is 23.7 Å². The molecule has 0 aromatic heterocycles. The summed E-state index contributed by atoms with van der Waals surface area (Å²) in [6, 6.07) is 8.79. The number of allylic oxidation sites excluding steroid dienone is 1. The molecule has 6 nitrogen and oxygen atoms in total. The van der Waals surface area contributed by atoms with Crippen molar-refractivity contribution in [3.8, 4) is 23.0 Å². The Hall–Kier alpha value is -3.15. The average molecular weight is 383 g/mol. The van der Waals surface area contributed by atoms with E-state index in [1.165, 1.54) is 0 Å². The van der Waals surface area contributed by atoms with Crippen LogP contribution in [0, 0.1) is 0 Å². The maximum atomic E-state index is 13.1. The second-order valence-corrected chi connectivity index (χ2v) is 6.25. The zero-order valence-corrected chi connectivity index (χ0v) is 16.4. The molecule has 6 heteroatoms. The summed E-state index contributed by atoms with van der Waals surface area (Å²) in [5.41, 5.74) is 8.36. The number of fused-ring (bicyclic) bond motifs is 1. The molecule has 1 aliphatic rings. The first-order valence-electron chi connectivity index (χ1n) is 9.33. The third-order valence-corrected chi connectivity index (χ3v) is 4.48. The number of benzene rings is 2. The van der Waals surface area contributed by atoms with Crippen LogP contribution in [0.5, 0.6) is 23.0 Å². The Morgan fingerprint density at radius 1 is 1.18 bits per heavy atom. The fraction of sp³-hybridized carbons (Fsp3) is 0.318. The number of hydrogen-bond acceptors (Lipinski definition) is 6. The molecular weight excluding hydrogens is 358 g/mol. The van der Waals surface area contributed by atoms with Gasteiger partial charge in [0, 0.05) is 16.7 Å². The quantitative estimate of drug-likeness (QED) is 0.440. The van der Waals surface area contributed by atoms with Crippen molar-refractivity contribution >= 4 is 17.5 Å². The minimum atomic E-state index is -0.0830. The van der Waals surface area contributed by atoms with Crippen LogP contribution in [0.1, 0.15) is 36.2 Å². The Kier molecular flexibility index (Phi) is 6.09. The van der Waals surface area contributed by atoms with Crippen molar-refractivity contribution in [3.05, 3.63) is 47.0 Å². The van der Waals surface area contributed by atoms with Gasteiger partial charge < -0.3 is 24.7 Å². The van der Waals surface area contributed by atoms with E-state index in [-0.39, 0.29) is 5.78 Å². The van der Waals surface area contributed by atoms with Gasteiger partial charge in [0.25, 0.3) is 0 Å². The van der Waals surface area contributed by atoms with Crippen LogP contribution < -0.4 is 24.7 Å². The maximum absolute atomic E-state index is 13.1. The normalized spacial score (nSPS) is 13.2. The smallest absolute Gasteiger partial charge is 0.204 e. The topological polar surface area (TPSA) is 80.0 Å². The SMILES string of the molecule is CCOc1cc(C(=O)C(=Cc2ccc3c(c2OC)OCCO3)CC)ccc1N. The monoisotopic (exact) mass is 383 g/mol. The van der Waals surface area contributed by atoms with E-state index in [0.29, 0.717) is 66.1 Å². The van der Waals surface area contributed by atoms with Gasteiger partial charge in [-0.05, 0) is 49.8 Å². The molecule has 2 aromatic rings. The lowest BCUT2D eigenvalue weighted by Gasteiger charge is -2.21. The number of rotatable bonds is 7. The number of anilines is 1. The van der Waals surface area contributed by atoms with Crippen LogP contribution in [0.2, 0.25) is 0 Å². The van der Waals surface area contributed by atoms with Gasteiger partial charge in [0.2, 0.25) is 5.75 Å². The summed E-state index contributed by atoms with van der Waals surface area (Å²) in [7, 11) is 1.58. The second kappa shape index (κ2) is 8.69. The van der Waals surface area contributed by atoms with Crippen molar-refractivity contribution in [2.75, 3.05) is 32.7 Å². The molecule has 0 spiro atoms. The third-order valence-electron chi connectivity index (χ3n) is 4.48. The number of ether oxygens (including phenoxy) is 4. The van der Waals surface area contributed by atoms with Gasteiger partial charge in [-0.3, -0.25) is 4.79 Å². The van der Waals surface area contributed by atoms with E-state index >= 15 is 0 Å². The first kappa shape index (κ1) is 19.6. The Bertz CT molecular complexity index is 904. The standard InChI is InChI=1S/C22H25NO5/c1-4-14(20(24)15-6-8-17(23)19(13-15)26-5-2)12-16-7-9-18-22(21(16)25-3)28-11-10-27-18/h6-9,12-13H,4-5,10-11,23H2,1-3H3. The van der Waals surface area contributed by atoms with Gasteiger partial charge >= 0.3 is 0 Å². The Balaban J connectivity index is 1.98. The molecule has 0 bridgehead atoms. The number of carbonyl (C=O) groups is 1. The van der Waals surface area contributed by atoms with Crippen molar-refractivity contribution in [2.24, 2.45) is 0 Å². The van der Waals surface area contributed by atoms with E-state index in [2.05, 4.69) is 0 Å². The highest BCUT2D eigenvalue weighted by Gasteiger charge is 2.21. The molecule has 0 radical (unpaired) electrons. The lowest BCUT2D eigenvalue weighted by atomic mass is 9.98. The minimum absolute atomic E-state index is 0.0830. The maximum Gasteiger partial charge on any atom is 0.204 e. The van der Waals surface area contributed by atoms with E-state index in [1.54, 1.807) is 25.3 Å². The summed E-state index contributed by atoms with van der Waals surface area (Å²) in [6.07, 6.45) is 2.39. The number of ketones is 1. The number of Topliss-reactive ketones (excluding diaryl/α,β-unsaturated/α-hetero) is 1. The molecule has 0 atom stereocenters. The van der Waals surface area contributed by atoms with Crippen molar-refractivity contribution in [3.63, 3.8) is 0 Å². The Labute approximate surface area is 164 Å². The van der Waals surface area contributed by atoms with Gasteiger partial charge in [0.05, 0.1) is 19.4 Å². The van der Waals surface area contributed by atoms with E-state index in [0.717, 1.165) is 5.56 Å². The molecule has 3 rings (SSSR count). The molecule has 28 heavy (non-hydrogen) atoms. The molecule has 2 N–H and O–H groups in total. The summed E-state index contributed by atoms with van der Waals surface area (Å²) in [5, 5.41) is 0. The molecule has 0 saturated carbocycles. The molecule has 148 valence electrons. The largest absolute Gasteiger partial charge is 0.492 e. The lowest BCUT2D eigenvalue weighted by molar-refractivity contribution is 0.103. The van der Waals surface area contributed by atoms with E-state index in [4.69, 9.17) is 24.7 Å². The van der Waals surface area contributed by atoms with Crippen molar-refractivity contribution in [2.45, 2.75) is 20.3 Å². The van der Waals surface area contributed by atoms with Gasteiger partial charge in [0.15, 0.2) is 17.3 Å². The average Bonchev–Trinajstić information content (AvgIpc) is 2.72. The van der Waals surface area contributed by atoms with E-state index < -0.39 is 0 Å². The highest BCUT2D eigenvalue weighted by molar-refractivity contribution is 6.11. The number of nitrogens with two attached hydrogens (primary N) is 1. The molecule has 0 saturated heterocycles. The minimum Gasteiger partial charge on any atom is -0.492 e. The first-order chi connectivity index (χ1) is 13.6. The lowest BCUT2D eigenvalue weighted by Crippen LogP contribution is -2.16. The fourth-order valence-corrected chi connectivity index (χ4v) is 3.09. The van der Waals surface area contributed by atoms with Crippen LogP contribution in [0.4, 0.5) is 5.69 Å². The number of hydrogen-bond donors (Lipinski definition) is 1. The summed E-state index contributed by atoms with van der Waals surface area (Å²) in [5.74, 6) is 2.20. The molecule has 2 aromatic carbocycles. The summed E-state index contributed by atoms with van der Waals surface area (Å²) >= 11 is 0. The molecule has 0 amide bonds. The Morgan fingerprint density at radius 3 is 2.68 bits per heavy atom. The molecule has 1 aliphatic heterocycles. The fourth-order valence-electron chi connectivity index (χ4n) is 3.09. The third kappa shape index (κ3) is 3.91. The summed E-state index contributed by atoms with van der Waals surface area (Å²) < 4.78 is 22.4. The van der Waals surface area contributed by atoms with Crippen LogP contribution in [0.15, 0.2) is 35.9 Å². The van der Waals surface area contributed by atoms with Crippen LogP contribution in [-0.2, 0) is 0 Å². The van der Waals surface area contributed by atoms with Gasteiger partial charge in [-0.1, -0.05) is 6.92 Å². The van der Waals surface area contributed by atoms with Crippen molar-refractivity contribution in [1.29, 1.82) is 0 Å². The first-order valence-corrected chi connectivity index (χ1v) is 9.33. The molecule has 1 heterocycles. The molecular formula is C22H25NO5. The van der Waals surface area contributed by atoms with Crippen LogP contribution in [0.25, 0.3) is 6.08 Å². The number of carbonyl (C=O) groups excluding carboxylic acids is 1. The van der Waals surface area contributed by atoms with Crippen LogP contribution in [0.3, 0.4) is 0 Å². The summed E-state index contributed by atoms with van der Waals surface area (Å²) in [4.78, 5) is 13.1. The van der Waals surface area contributed by atoms with E-state index in [9.17, 15) is 4.79 Å². The predicted octanol–water partition coefficient (Wildman–Crippen LogP) is 4.12. The summed E-state index contributed by atoms with van der Waals surface area (Å²) in [6.45, 7) is 5.26. The highest BCUT2D eigenvalue weighted by atomic mass is 16.6. The van der Waals surface area contributed by atoms with Gasteiger partial charge in [-0.15, -0.1) is 0 Å². The number of nitrogen functional groups attached to an aromatic ring is 1. The molecule has 0 unspecified atom stereocenters. The second-order valence-electron chi connectivity index (χ2n) is 6.25. The van der Waals surface area contributed by atoms with Crippen molar-refractivity contribution in [1.82, 2.24) is 0 Å². The van der Waals surface area contributed by atoms with Crippen LogP contribution in [-0.4, -0.2) is 32.7 Å². The zero-order valence-electron chi connectivity index (χ0n) is 16.4.